The maximum absolute atomic E-state index is 11.1. The van der Waals surface area contributed by atoms with Crippen molar-refractivity contribution in [2.75, 3.05) is 6.54 Å². The van der Waals surface area contributed by atoms with Crippen LogP contribution in [0.3, 0.4) is 0 Å². The minimum Gasteiger partial charge on any atom is -1.00 e. The third-order valence-corrected chi connectivity index (χ3v) is 5.37. The molecule has 0 bridgehead atoms. The van der Waals surface area contributed by atoms with Gasteiger partial charge in [0.15, 0.2) is 0 Å². The van der Waals surface area contributed by atoms with E-state index in [2.05, 4.69) is 12.2 Å². The van der Waals surface area contributed by atoms with E-state index in [0.29, 0.717) is 6.54 Å². The van der Waals surface area contributed by atoms with Gasteiger partial charge in [0.25, 0.3) is 0 Å². The van der Waals surface area contributed by atoms with Gasteiger partial charge in [0, 0.05) is 6.42 Å². The fourth-order valence-corrected chi connectivity index (χ4v) is 3.53. The molecule has 1 unspecified atom stereocenters. The van der Waals surface area contributed by atoms with Crippen LogP contribution in [0.1, 0.15) is 124 Å². The molecule has 3 N–H and O–H groups in total. The number of rotatable bonds is 22. The first-order chi connectivity index (χ1) is 13.6. The molecule has 5 nitrogen and oxygen atoms in total. The minimum absolute atomic E-state index is 0. The summed E-state index contributed by atoms with van der Waals surface area (Å²) < 4.78 is 0. The van der Waals surface area contributed by atoms with E-state index >= 15 is 0 Å². The summed E-state index contributed by atoms with van der Waals surface area (Å²) in [5.41, 5.74) is 0. The van der Waals surface area contributed by atoms with E-state index in [0.717, 1.165) is 12.8 Å². The largest absolute Gasteiger partial charge is 1.00 e. The molecule has 0 aliphatic rings. The van der Waals surface area contributed by atoms with Crippen molar-refractivity contribution in [3.8, 4) is 0 Å². The average molecular weight is 424 g/mol. The molecule has 0 heterocycles. The quantitative estimate of drug-likeness (QED) is 0.184. The summed E-state index contributed by atoms with van der Waals surface area (Å²) in [6.07, 6.45) is 21.1. The zero-order chi connectivity index (χ0) is 20.9. The molecule has 0 rings (SSSR count). The summed E-state index contributed by atoms with van der Waals surface area (Å²) in [6.45, 7) is 2.91. The van der Waals surface area contributed by atoms with Crippen LogP contribution in [0.2, 0.25) is 0 Å². The van der Waals surface area contributed by atoms with Crippen LogP contribution in [0, 0.1) is 0 Å². The van der Waals surface area contributed by atoms with Crippen molar-refractivity contribution >= 4 is 11.9 Å². The number of carboxylic acid groups (broad SMARTS) is 2. The van der Waals surface area contributed by atoms with Gasteiger partial charge in [-0.2, -0.15) is 0 Å². The molecule has 0 aliphatic heterocycles. The molecule has 0 amide bonds. The number of unbranched alkanes of at least 4 members (excludes halogenated alkanes) is 15. The Labute approximate surface area is 202 Å². The van der Waals surface area contributed by atoms with Gasteiger partial charge in [-0.15, -0.1) is 0 Å². The Morgan fingerprint density at radius 3 is 1.45 bits per heavy atom. The predicted octanol–water partition coefficient (Wildman–Crippen LogP) is 3.27. The van der Waals surface area contributed by atoms with E-state index in [1.54, 1.807) is 0 Å². The van der Waals surface area contributed by atoms with Crippen molar-refractivity contribution in [2.45, 2.75) is 129 Å². The number of nitrogens with one attached hydrogen (secondary N) is 1. The molecule has 0 saturated heterocycles. The molecule has 0 aromatic rings. The van der Waals surface area contributed by atoms with E-state index in [1.165, 1.54) is 89.9 Å². The smallest absolute Gasteiger partial charge is 1.00 e. The first-order valence-electron chi connectivity index (χ1n) is 11.8. The van der Waals surface area contributed by atoms with E-state index in [9.17, 15) is 9.59 Å². The van der Waals surface area contributed by atoms with Crippen LogP contribution >= 0.6 is 0 Å². The van der Waals surface area contributed by atoms with Crippen LogP contribution in [0.5, 0.6) is 0 Å². The van der Waals surface area contributed by atoms with Gasteiger partial charge in [0.2, 0.25) is 0 Å². The van der Waals surface area contributed by atoms with Crippen molar-refractivity contribution in [1.29, 1.82) is 0 Å². The summed E-state index contributed by atoms with van der Waals surface area (Å²) in [4.78, 5) is 21.6. The molecule has 6 heteroatoms. The van der Waals surface area contributed by atoms with Crippen molar-refractivity contribution in [2.24, 2.45) is 0 Å². The summed E-state index contributed by atoms with van der Waals surface area (Å²) >= 11 is 0. The third kappa shape index (κ3) is 24.0. The Morgan fingerprint density at radius 1 is 0.724 bits per heavy atom. The van der Waals surface area contributed by atoms with Gasteiger partial charge in [-0.05, 0) is 19.4 Å². The van der Waals surface area contributed by atoms with Crippen LogP contribution in [0.15, 0.2) is 0 Å². The Morgan fingerprint density at radius 2 is 1.10 bits per heavy atom. The van der Waals surface area contributed by atoms with Gasteiger partial charge in [0.1, 0.15) is 6.04 Å². The van der Waals surface area contributed by atoms with Crippen molar-refractivity contribution < 1.29 is 50.8 Å². The third-order valence-electron chi connectivity index (χ3n) is 5.37. The first kappa shape index (κ1) is 31.1. The molecule has 0 fully saturated rings. The van der Waals surface area contributed by atoms with Gasteiger partial charge < -0.3 is 17.0 Å². The molecule has 0 radical (unpaired) electrons. The molecule has 0 aromatic carbocycles. The van der Waals surface area contributed by atoms with Crippen LogP contribution < -0.4 is 34.9 Å². The van der Waals surface area contributed by atoms with Gasteiger partial charge in [-0.25, -0.2) is 0 Å². The van der Waals surface area contributed by atoms with E-state index in [1.807, 2.05) is 0 Å². The predicted molar refractivity (Wildman–Crippen MR) is 117 cm³/mol. The van der Waals surface area contributed by atoms with Gasteiger partial charge in [0.05, 0.1) is 0 Å². The Kier molecular flexibility index (Phi) is 25.9. The van der Waals surface area contributed by atoms with Gasteiger partial charge >= 0.3 is 41.5 Å². The second-order valence-electron chi connectivity index (χ2n) is 8.08. The van der Waals surface area contributed by atoms with Crippen LogP contribution in [0.4, 0.5) is 0 Å². The molecule has 0 aliphatic carbocycles. The summed E-state index contributed by atoms with van der Waals surface area (Å²) in [5.74, 6) is -1.91. The van der Waals surface area contributed by atoms with Gasteiger partial charge in [-0.3, -0.25) is 9.59 Å². The standard InChI is InChI=1S/C23H45NO4.Na.H/c1-2-3-4-5-6-7-8-9-10-11-12-13-14-15-16-17-20-24-21(23(27)28)18-19-22(25)26;;/h21,24H,2-20H2,1H3,(H,25,26)(H,27,28);;/q;+1;-1. The summed E-state index contributed by atoms with van der Waals surface area (Å²) in [7, 11) is 0. The summed E-state index contributed by atoms with van der Waals surface area (Å²) in [5, 5.41) is 20.7. The Bertz CT molecular complexity index is 386. The van der Waals surface area contributed by atoms with Crippen molar-refractivity contribution in [3.05, 3.63) is 0 Å². The fourth-order valence-electron chi connectivity index (χ4n) is 3.53. The maximum atomic E-state index is 11.1. The molecular formula is C23H46NNaO4. The van der Waals surface area contributed by atoms with Crippen LogP contribution in [-0.4, -0.2) is 34.7 Å². The normalized spacial score (nSPS) is 11.8. The first-order valence-corrected chi connectivity index (χ1v) is 11.8. The van der Waals surface area contributed by atoms with E-state index < -0.39 is 18.0 Å². The number of hydrogen-bond donors (Lipinski definition) is 3. The molecule has 0 saturated carbocycles. The molecule has 0 spiro atoms. The summed E-state index contributed by atoms with van der Waals surface area (Å²) in [6, 6.07) is -0.743. The molecule has 29 heavy (non-hydrogen) atoms. The Balaban J connectivity index is -0.00000364. The van der Waals surface area contributed by atoms with Crippen LogP contribution in [0.25, 0.3) is 0 Å². The van der Waals surface area contributed by atoms with E-state index in [4.69, 9.17) is 10.2 Å². The van der Waals surface area contributed by atoms with Crippen LogP contribution in [-0.2, 0) is 9.59 Å². The second kappa shape index (κ2) is 24.2. The van der Waals surface area contributed by atoms with Crippen molar-refractivity contribution in [3.63, 3.8) is 0 Å². The topological polar surface area (TPSA) is 86.6 Å². The SMILES string of the molecule is CCCCCCCCCCCCCCCCCCNC(CCC(=O)O)C(=O)O.[H-].[Na+]. The average Bonchev–Trinajstić information content (AvgIpc) is 2.66. The number of aliphatic carboxylic acids is 2. The molecule has 0 aromatic heterocycles. The maximum Gasteiger partial charge on any atom is 1.00 e. The number of carbonyl (C=O) groups is 2. The zero-order valence-electron chi connectivity index (χ0n) is 20.2. The number of hydrogen-bond acceptors (Lipinski definition) is 3. The fraction of sp³-hybridized carbons (Fsp3) is 0.913. The second-order valence-corrected chi connectivity index (χ2v) is 8.08. The minimum atomic E-state index is -0.960. The zero-order valence-corrected chi connectivity index (χ0v) is 21.2. The van der Waals surface area contributed by atoms with Crippen molar-refractivity contribution in [1.82, 2.24) is 5.32 Å². The number of carboxylic acids is 2. The molecule has 1 atom stereocenters. The Hall–Kier alpha value is -0.100. The van der Waals surface area contributed by atoms with Gasteiger partial charge in [-0.1, -0.05) is 103 Å². The molecule has 168 valence electrons. The van der Waals surface area contributed by atoms with E-state index in [-0.39, 0.29) is 43.8 Å². The molecular weight excluding hydrogens is 377 g/mol. The monoisotopic (exact) mass is 423 g/mol.